The molecule has 0 saturated carbocycles. The molecule has 0 radical (unpaired) electrons. The quantitative estimate of drug-likeness (QED) is 0.517. The fraction of sp³-hybridized carbons (Fsp3) is 0.440. The molecule has 0 aliphatic carbocycles. The van der Waals surface area contributed by atoms with Crippen molar-refractivity contribution in [1.29, 1.82) is 0 Å². The average Bonchev–Trinajstić information content (AvgIpc) is 2.80. The minimum absolute atomic E-state index is 0.0583. The number of nitrogens with zero attached hydrogens (tertiary/aromatic N) is 1. The molecule has 2 aromatic carbocycles. The number of rotatable bonds is 12. The van der Waals surface area contributed by atoms with E-state index in [4.69, 9.17) is 9.47 Å². The second kappa shape index (κ2) is 12.6. The van der Waals surface area contributed by atoms with Gasteiger partial charge in [0.15, 0.2) is 0 Å². The first-order chi connectivity index (χ1) is 14.9. The largest absolute Gasteiger partial charge is 0.497 e. The van der Waals surface area contributed by atoms with Crippen LogP contribution in [-0.4, -0.2) is 42.5 Å². The first-order valence-electron chi connectivity index (χ1n) is 10.8. The topological polar surface area (TPSA) is 67.9 Å². The van der Waals surface area contributed by atoms with Gasteiger partial charge in [-0.1, -0.05) is 37.3 Å². The Morgan fingerprint density at radius 1 is 1.03 bits per heavy atom. The predicted octanol–water partition coefficient (Wildman–Crippen LogP) is 4.19. The van der Waals surface area contributed by atoms with Crippen LogP contribution in [0.4, 0.5) is 0 Å². The molecule has 0 bridgehead atoms. The van der Waals surface area contributed by atoms with Crippen molar-refractivity contribution in [2.75, 3.05) is 13.7 Å². The van der Waals surface area contributed by atoms with Gasteiger partial charge in [-0.2, -0.15) is 0 Å². The van der Waals surface area contributed by atoms with Crippen molar-refractivity contribution in [3.05, 3.63) is 60.2 Å². The summed E-state index contributed by atoms with van der Waals surface area (Å²) in [7, 11) is 1.61. The van der Waals surface area contributed by atoms with Crippen LogP contribution in [0.3, 0.4) is 0 Å². The van der Waals surface area contributed by atoms with Gasteiger partial charge >= 0.3 is 0 Å². The van der Waals surface area contributed by atoms with Crippen LogP contribution in [0.25, 0.3) is 0 Å². The highest BCUT2D eigenvalue weighted by Crippen LogP contribution is 2.17. The summed E-state index contributed by atoms with van der Waals surface area (Å²) in [5, 5.41) is 2.98. The number of hydrogen-bond donors (Lipinski definition) is 1. The van der Waals surface area contributed by atoms with Crippen LogP contribution in [0, 0.1) is 0 Å². The smallest absolute Gasteiger partial charge is 0.242 e. The number of nitrogens with one attached hydrogen (secondary N) is 1. The van der Waals surface area contributed by atoms with Crippen molar-refractivity contribution >= 4 is 11.8 Å². The Kier molecular flexibility index (Phi) is 9.88. The van der Waals surface area contributed by atoms with Gasteiger partial charge in [0.1, 0.15) is 17.5 Å². The van der Waals surface area contributed by atoms with Gasteiger partial charge in [0.2, 0.25) is 11.8 Å². The van der Waals surface area contributed by atoms with E-state index in [0.717, 1.165) is 23.5 Å². The van der Waals surface area contributed by atoms with E-state index in [1.165, 1.54) is 0 Å². The van der Waals surface area contributed by atoms with Gasteiger partial charge in [-0.25, -0.2) is 0 Å². The second-order valence-corrected chi connectivity index (χ2v) is 7.63. The van der Waals surface area contributed by atoms with Gasteiger partial charge in [-0.05, 0) is 56.5 Å². The summed E-state index contributed by atoms with van der Waals surface area (Å²) in [4.78, 5) is 27.4. The maximum Gasteiger partial charge on any atom is 0.242 e. The van der Waals surface area contributed by atoms with Crippen molar-refractivity contribution in [1.82, 2.24) is 10.2 Å². The minimum Gasteiger partial charge on any atom is -0.497 e. The lowest BCUT2D eigenvalue weighted by Gasteiger charge is -2.30. The molecule has 0 fully saturated rings. The van der Waals surface area contributed by atoms with Gasteiger partial charge < -0.3 is 19.7 Å². The Hall–Kier alpha value is -3.02. The van der Waals surface area contributed by atoms with Crippen LogP contribution in [0.2, 0.25) is 0 Å². The molecule has 2 rings (SSSR count). The van der Waals surface area contributed by atoms with Gasteiger partial charge in [0.25, 0.3) is 0 Å². The summed E-state index contributed by atoms with van der Waals surface area (Å²) in [6.45, 7) is 6.53. The third kappa shape index (κ3) is 7.96. The summed E-state index contributed by atoms with van der Waals surface area (Å²) < 4.78 is 11.0. The summed E-state index contributed by atoms with van der Waals surface area (Å²) in [6, 6.07) is 16.6. The third-order valence-electron chi connectivity index (χ3n) is 5.20. The number of carbonyl (C=O) groups is 2. The molecule has 6 heteroatoms. The lowest BCUT2D eigenvalue weighted by atomic mass is 10.1. The standard InChI is InChI=1S/C25H34N2O4/c1-5-19(2)26-25(29)20(3)27(18-21-11-9-14-23(17-21)30-4)24(28)15-10-16-31-22-12-7-6-8-13-22/h6-9,11-14,17,19-20H,5,10,15-16,18H2,1-4H3,(H,26,29)/t19-,20+/m1/s1. The van der Waals surface area contributed by atoms with Gasteiger partial charge in [-0.15, -0.1) is 0 Å². The first-order valence-corrected chi connectivity index (χ1v) is 10.8. The van der Waals surface area contributed by atoms with E-state index >= 15 is 0 Å². The molecular weight excluding hydrogens is 392 g/mol. The average molecular weight is 427 g/mol. The Bertz CT molecular complexity index is 825. The molecular formula is C25H34N2O4. The number of amides is 2. The molecule has 2 aromatic rings. The molecule has 2 amide bonds. The zero-order valence-electron chi connectivity index (χ0n) is 19.0. The maximum absolute atomic E-state index is 13.1. The highest BCUT2D eigenvalue weighted by Gasteiger charge is 2.26. The summed E-state index contributed by atoms with van der Waals surface area (Å²) in [5.74, 6) is 1.28. The molecule has 0 aromatic heterocycles. The van der Waals surface area contributed by atoms with E-state index in [1.54, 1.807) is 18.9 Å². The van der Waals surface area contributed by atoms with E-state index < -0.39 is 6.04 Å². The monoisotopic (exact) mass is 426 g/mol. The zero-order chi connectivity index (χ0) is 22.6. The van der Waals surface area contributed by atoms with Crippen LogP contribution in [0.15, 0.2) is 54.6 Å². The van der Waals surface area contributed by atoms with E-state index in [-0.39, 0.29) is 17.9 Å². The summed E-state index contributed by atoms with van der Waals surface area (Å²) >= 11 is 0. The van der Waals surface area contributed by atoms with E-state index in [1.807, 2.05) is 68.4 Å². The van der Waals surface area contributed by atoms with Crippen molar-refractivity contribution < 1.29 is 19.1 Å². The zero-order valence-corrected chi connectivity index (χ0v) is 19.0. The molecule has 1 N–H and O–H groups in total. The number of methoxy groups -OCH3 is 1. The van der Waals surface area contributed by atoms with E-state index in [2.05, 4.69) is 5.32 Å². The number of carbonyl (C=O) groups excluding carboxylic acids is 2. The Balaban J connectivity index is 2.03. The molecule has 168 valence electrons. The minimum atomic E-state index is -0.581. The molecule has 0 heterocycles. The Morgan fingerprint density at radius 2 is 1.74 bits per heavy atom. The lowest BCUT2D eigenvalue weighted by Crippen LogP contribution is -2.49. The van der Waals surface area contributed by atoms with Crippen molar-refractivity contribution in [3.8, 4) is 11.5 Å². The van der Waals surface area contributed by atoms with Crippen LogP contribution in [0.5, 0.6) is 11.5 Å². The highest BCUT2D eigenvalue weighted by molar-refractivity contribution is 5.87. The fourth-order valence-electron chi connectivity index (χ4n) is 3.09. The third-order valence-corrected chi connectivity index (χ3v) is 5.20. The molecule has 0 saturated heterocycles. The molecule has 2 atom stereocenters. The Morgan fingerprint density at radius 3 is 2.42 bits per heavy atom. The highest BCUT2D eigenvalue weighted by atomic mass is 16.5. The molecule has 0 aliphatic heterocycles. The molecule has 0 unspecified atom stereocenters. The number of benzene rings is 2. The molecule has 0 spiro atoms. The van der Waals surface area contributed by atoms with Gasteiger partial charge in [-0.3, -0.25) is 9.59 Å². The van der Waals surface area contributed by atoms with Crippen LogP contribution in [0.1, 0.15) is 45.6 Å². The summed E-state index contributed by atoms with van der Waals surface area (Å²) in [5.41, 5.74) is 0.913. The number of para-hydroxylation sites is 1. The number of hydrogen-bond acceptors (Lipinski definition) is 4. The van der Waals surface area contributed by atoms with Crippen LogP contribution < -0.4 is 14.8 Å². The van der Waals surface area contributed by atoms with E-state index in [0.29, 0.717) is 26.0 Å². The van der Waals surface area contributed by atoms with Gasteiger partial charge in [0, 0.05) is 19.0 Å². The molecule has 0 aliphatic rings. The number of ether oxygens (including phenoxy) is 2. The van der Waals surface area contributed by atoms with Crippen molar-refractivity contribution in [2.45, 2.75) is 58.7 Å². The first kappa shape index (κ1) is 24.3. The van der Waals surface area contributed by atoms with Crippen LogP contribution >= 0.6 is 0 Å². The fourth-order valence-corrected chi connectivity index (χ4v) is 3.09. The molecule has 6 nitrogen and oxygen atoms in total. The maximum atomic E-state index is 13.1. The Labute approximate surface area is 185 Å². The summed E-state index contributed by atoms with van der Waals surface area (Å²) in [6.07, 6.45) is 1.71. The second-order valence-electron chi connectivity index (χ2n) is 7.63. The van der Waals surface area contributed by atoms with Crippen molar-refractivity contribution in [2.24, 2.45) is 0 Å². The lowest BCUT2D eigenvalue weighted by molar-refractivity contribution is -0.141. The SMILES string of the molecule is CC[C@@H](C)NC(=O)[C@H](C)N(Cc1cccc(OC)c1)C(=O)CCCOc1ccccc1. The normalized spacial score (nSPS) is 12.5. The van der Waals surface area contributed by atoms with Gasteiger partial charge in [0.05, 0.1) is 13.7 Å². The van der Waals surface area contributed by atoms with Crippen LogP contribution in [-0.2, 0) is 16.1 Å². The predicted molar refractivity (Wildman–Crippen MR) is 122 cm³/mol. The van der Waals surface area contributed by atoms with E-state index in [9.17, 15) is 9.59 Å². The molecule has 31 heavy (non-hydrogen) atoms. The van der Waals surface area contributed by atoms with Crippen molar-refractivity contribution in [3.63, 3.8) is 0 Å².